The highest BCUT2D eigenvalue weighted by Gasteiger charge is 2.45. The lowest BCUT2D eigenvalue weighted by Gasteiger charge is -2.15. The van der Waals surface area contributed by atoms with Gasteiger partial charge in [-0.15, -0.1) is 0 Å². The number of benzene rings is 1. The van der Waals surface area contributed by atoms with Crippen molar-refractivity contribution in [3.63, 3.8) is 0 Å². The van der Waals surface area contributed by atoms with E-state index in [1.54, 1.807) is 17.0 Å². The number of rotatable bonds is 3. The molecule has 1 aromatic rings. The molecule has 4 N–H and O–H groups in total. The Morgan fingerprint density at radius 3 is 2.53 bits per heavy atom. The standard InChI is InChI=1S/C13H16N4O2/c14-13(5-6-13)11(18)16-9-1-3-10(4-2-9)17-8-7-15-12(17)19/h1-4H,5-8,14H2,(H,15,19)(H,16,18). The first-order valence-corrected chi connectivity index (χ1v) is 6.34. The van der Waals surface area contributed by atoms with Gasteiger partial charge in [0.15, 0.2) is 0 Å². The number of hydrogen-bond donors (Lipinski definition) is 3. The van der Waals surface area contributed by atoms with Crippen LogP contribution in [0.4, 0.5) is 16.2 Å². The lowest BCUT2D eigenvalue weighted by Crippen LogP contribution is -2.37. The van der Waals surface area contributed by atoms with E-state index in [9.17, 15) is 9.59 Å². The molecule has 6 heteroatoms. The molecule has 0 aromatic heterocycles. The molecule has 1 aliphatic carbocycles. The molecule has 1 saturated heterocycles. The number of anilines is 2. The van der Waals surface area contributed by atoms with Crippen molar-refractivity contribution in [2.24, 2.45) is 5.73 Å². The zero-order valence-corrected chi connectivity index (χ0v) is 10.5. The lowest BCUT2D eigenvalue weighted by atomic mass is 10.2. The molecule has 0 atom stereocenters. The van der Waals surface area contributed by atoms with E-state index in [-0.39, 0.29) is 11.9 Å². The minimum atomic E-state index is -0.673. The number of nitrogens with zero attached hydrogens (tertiary/aromatic N) is 1. The number of carbonyl (C=O) groups excluding carboxylic acids is 2. The molecule has 0 bridgehead atoms. The monoisotopic (exact) mass is 260 g/mol. The van der Waals surface area contributed by atoms with E-state index in [1.807, 2.05) is 12.1 Å². The molecule has 2 fully saturated rings. The van der Waals surface area contributed by atoms with Crippen LogP contribution in [-0.2, 0) is 4.79 Å². The second-order valence-corrected chi connectivity index (χ2v) is 5.04. The van der Waals surface area contributed by atoms with Gasteiger partial charge >= 0.3 is 6.03 Å². The fourth-order valence-electron chi connectivity index (χ4n) is 2.06. The van der Waals surface area contributed by atoms with Crippen LogP contribution < -0.4 is 21.3 Å². The van der Waals surface area contributed by atoms with E-state index in [0.29, 0.717) is 18.8 Å². The third-order valence-electron chi connectivity index (χ3n) is 3.53. The van der Waals surface area contributed by atoms with Crippen LogP contribution >= 0.6 is 0 Å². The maximum atomic E-state index is 11.8. The van der Waals surface area contributed by atoms with Crippen LogP contribution in [0.1, 0.15) is 12.8 Å². The van der Waals surface area contributed by atoms with Crippen LogP contribution in [0.15, 0.2) is 24.3 Å². The van der Waals surface area contributed by atoms with Gasteiger partial charge in [-0.3, -0.25) is 9.69 Å². The molecular formula is C13H16N4O2. The van der Waals surface area contributed by atoms with Gasteiger partial charge in [-0.2, -0.15) is 0 Å². The molecule has 2 aliphatic rings. The maximum absolute atomic E-state index is 11.8. The first-order valence-electron chi connectivity index (χ1n) is 6.34. The van der Waals surface area contributed by atoms with Gasteiger partial charge in [0.1, 0.15) is 0 Å². The van der Waals surface area contributed by atoms with Crippen molar-refractivity contribution in [3.8, 4) is 0 Å². The molecule has 100 valence electrons. The Bertz CT molecular complexity index is 522. The number of urea groups is 1. The van der Waals surface area contributed by atoms with Crippen molar-refractivity contribution in [3.05, 3.63) is 24.3 Å². The number of nitrogens with two attached hydrogens (primary N) is 1. The van der Waals surface area contributed by atoms with Gasteiger partial charge in [0.2, 0.25) is 5.91 Å². The van der Waals surface area contributed by atoms with E-state index >= 15 is 0 Å². The molecule has 0 spiro atoms. The molecule has 1 saturated carbocycles. The summed E-state index contributed by atoms with van der Waals surface area (Å²) in [5.74, 6) is -0.140. The fraction of sp³-hybridized carbons (Fsp3) is 0.385. The molecule has 1 heterocycles. The minimum absolute atomic E-state index is 0.0873. The molecule has 1 aliphatic heterocycles. The van der Waals surface area contributed by atoms with Gasteiger partial charge in [0.25, 0.3) is 0 Å². The summed E-state index contributed by atoms with van der Waals surface area (Å²) in [6.45, 7) is 1.32. The van der Waals surface area contributed by atoms with Crippen LogP contribution in [0.2, 0.25) is 0 Å². The van der Waals surface area contributed by atoms with Crippen molar-refractivity contribution < 1.29 is 9.59 Å². The van der Waals surface area contributed by atoms with Gasteiger partial charge in [0.05, 0.1) is 5.54 Å². The minimum Gasteiger partial charge on any atom is -0.336 e. The van der Waals surface area contributed by atoms with Gasteiger partial charge in [0, 0.05) is 24.5 Å². The largest absolute Gasteiger partial charge is 0.336 e. The van der Waals surface area contributed by atoms with E-state index < -0.39 is 5.54 Å². The molecule has 1 aromatic carbocycles. The SMILES string of the molecule is NC1(C(=O)Nc2ccc(N3CCNC3=O)cc2)CC1. The Labute approximate surface area is 110 Å². The van der Waals surface area contributed by atoms with Crippen LogP contribution in [0.5, 0.6) is 0 Å². The fourth-order valence-corrected chi connectivity index (χ4v) is 2.06. The second kappa shape index (κ2) is 4.24. The van der Waals surface area contributed by atoms with Crippen LogP contribution in [0.3, 0.4) is 0 Å². The van der Waals surface area contributed by atoms with Crippen molar-refractivity contribution in [1.29, 1.82) is 0 Å². The summed E-state index contributed by atoms with van der Waals surface area (Å²) in [7, 11) is 0. The van der Waals surface area contributed by atoms with Gasteiger partial charge in [-0.05, 0) is 37.1 Å². The molecule has 19 heavy (non-hydrogen) atoms. The quantitative estimate of drug-likeness (QED) is 0.745. The van der Waals surface area contributed by atoms with Gasteiger partial charge in [-0.25, -0.2) is 4.79 Å². The summed E-state index contributed by atoms with van der Waals surface area (Å²) in [6, 6.07) is 7.11. The highest BCUT2D eigenvalue weighted by molar-refractivity contribution is 6.00. The van der Waals surface area contributed by atoms with Crippen molar-refractivity contribution >= 4 is 23.3 Å². The third kappa shape index (κ3) is 2.26. The summed E-state index contributed by atoms with van der Waals surface area (Å²) in [5, 5.41) is 5.53. The van der Waals surface area contributed by atoms with E-state index in [4.69, 9.17) is 5.73 Å². The van der Waals surface area contributed by atoms with Crippen molar-refractivity contribution in [1.82, 2.24) is 5.32 Å². The van der Waals surface area contributed by atoms with E-state index in [1.165, 1.54) is 0 Å². The highest BCUT2D eigenvalue weighted by atomic mass is 16.2. The van der Waals surface area contributed by atoms with Crippen LogP contribution in [0, 0.1) is 0 Å². The Morgan fingerprint density at radius 1 is 1.32 bits per heavy atom. The third-order valence-corrected chi connectivity index (χ3v) is 3.53. The zero-order valence-electron chi connectivity index (χ0n) is 10.5. The van der Waals surface area contributed by atoms with Crippen molar-refractivity contribution in [2.45, 2.75) is 18.4 Å². The van der Waals surface area contributed by atoms with Gasteiger partial charge in [-0.1, -0.05) is 0 Å². The van der Waals surface area contributed by atoms with Crippen LogP contribution in [-0.4, -0.2) is 30.6 Å². The summed E-state index contributed by atoms with van der Waals surface area (Å²) in [4.78, 5) is 24.9. The molecule has 0 radical (unpaired) electrons. The first-order chi connectivity index (χ1) is 9.08. The number of nitrogens with one attached hydrogen (secondary N) is 2. The predicted molar refractivity (Wildman–Crippen MR) is 72.0 cm³/mol. The predicted octanol–water partition coefficient (Wildman–Crippen LogP) is 0.646. The summed E-state index contributed by atoms with van der Waals surface area (Å²) >= 11 is 0. The second-order valence-electron chi connectivity index (χ2n) is 5.04. The van der Waals surface area contributed by atoms with E-state index in [0.717, 1.165) is 18.5 Å². The normalized spacial score (nSPS) is 20.1. The smallest absolute Gasteiger partial charge is 0.321 e. The molecular weight excluding hydrogens is 244 g/mol. The Kier molecular flexibility index (Phi) is 2.67. The number of amides is 3. The average Bonchev–Trinajstić information content (AvgIpc) is 3.01. The topological polar surface area (TPSA) is 87.5 Å². The van der Waals surface area contributed by atoms with Gasteiger partial charge < -0.3 is 16.4 Å². The number of carbonyl (C=O) groups is 2. The Morgan fingerprint density at radius 2 is 2.00 bits per heavy atom. The Balaban J connectivity index is 1.68. The molecule has 6 nitrogen and oxygen atoms in total. The molecule has 3 amide bonds. The summed E-state index contributed by atoms with van der Waals surface area (Å²) in [5.41, 5.74) is 6.66. The lowest BCUT2D eigenvalue weighted by molar-refractivity contribution is -0.118. The summed E-state index contributed by atoms with van der Waals surface area (Å²) < 4.78 is 0. The zero-order chi connectivity index (χ0) is 13.5. The number of hydrogen-bond acceptors (Lipinski definition) is 3. The van der Waals surface area contributed by atoms with E-state index in [2.05, 4.69) is 10.6 Å². The maximum Gasteiger partial charge on any atom is 0.321 e. The highest BCUT2D eigenvalue weighted by Crippen LogP contribution is 2.33. The molecule has 0 unspecified atom stereocenters. The van der Waals surface area contributed by atoms with Crippen molar-refractivity contribution in [2.75, 3.05) is 23.3 Å². The molecule has 3 rings (SSSR count). The first kappa shape index (κ1) is 12.0. The summed E-state index contributed by atoms with van der Waals surface area (Å²) in [6.07, 6.45) is 1.48. The Hall–Kier alpha value is -2.08. The van der Waals surface area contributed by atoms with Crippen LogP contribution in [0.25, 0.3) is 0 Å². The average molecular weight is 260 g/mol.